The summed E-state index contributed by atoms with van der Waals surface area (Å²) in [5.74, 6) is 1.00. The van der Waals surface area contributed by atoms with Crippen molar-refractivity contribution in [3.8, 4) is 0 Å². The second kappa shape index (κ2) is 6.44. The van der Waals surface area contributed by atoms with E-state index in [9.17, 15) is 4.79 Å². The number of rotatable bonds is 5. The van der Waals surface area contributed by atoms with Crippen LogP contribution in [0.5, 0.6) is 0 Å². The highest BCUT2D eigenvalue weighted by Crippen LogP contribution is 2.36. The van der Waals surface area contributed by atoms with E-state index in [0.717, 1.165) is 19.5 Å². The van der Waals surface area contributed by atoms with Gasteiger partial charge < -0.3 is 15.1 Å². The summed E-state index contributed by atoms with van der Waals surface area (Å²) in [6.07, 6.45) is 7.14. The van der Waals surface area contributed by atoms with Gasteiger partial charge in [-0.2, -0.15) is 0 Å². The molecule has 1 N–H and O–H groups in total. The minimum absolute atomic E-state index is 0.0398. The summed E-state index contributed by atoms with van der Waals surface area (Å²) in [5, 5.41) is 3.41. The van der Waals surface area contributed by atoms with E-state index in [1.807, 2.05) is 11.9 Å². The van der Waals surface area contributed by atoms with Gasteiger partial charge in [0.15, 0.2) is 0 Å². The first kappa shape index (κ1) is 15.8. The van der Waals surface area contributed by atoms with Crippen LogP contribution in [0, 0.1) is 5.92 Å². The first-order valence-electron chi connectivity index (χ1n) is 8.14. The van der Waals surface area contributed by atoms with Gasteiger partial charge in [0.2, 0.25) is 5.91 Å². The molecule has 4 heteroatoms. The Labute approximate surface area is 123 Å². The van der Waals surface area contributed by atoms with Crippen molar-refractivity contribution in [2.45, 2.75) is 57.0 Å². The third kappa shape index (κ3) is 3.17. The van der Waals surface area contributed by atoms with Crippen LogP contribution in [0.1, 0.15) is 45.4 Å². The number of nitrogens with zero attached hydrogens (tertiary/aromatic N) is 2. The Morgan fingerprint density at radius 3 is 2.50 bits per heavy atom. The standard InChI is InChI=1S/C16H31N3O/c1-5-13-7-10-17-14(11-13)15(20)19(4)12-16(18(2)3)8-6-9-16/h13-14,17H,5-12H2,1-4H3. The number of hydrogen-bond donors (Lipinski definition) is 1. The van der Waals surface area contributed by atoms with Crippen LogP contribution in [-0.4, -0.2) is 61.5 Å². The molecule has 0 spiro atoms. The molecule has 2 rings (SSSR count). The summed E-state index contributed by atoms with van der Waals surface area (Å²) in [6, 6.07) is 0.0398. The van der Waals surface area contributed by atoms with Gasteiger partial charge in [-0.1, -0.05) is 13.3 Å². The van der Waals surface area contributed by atoms with Crippen LogP contribution >= 0.6 is 0 Å². The average Bonchev–Trinajstić information content (AvgIpc) is 2.41. The van der Waals surface area contributed by atoms with Crippen molar-refractivity contribution in [3.05, 3.63) is 0 Å². The maximum atomic E-state index is 12.6. The summed E-state index contributed by atoms with van der Waals surface area (Å²) in [6.45, 7) is 4.09. The molecular weight excluding hydrogens is 250 g/mol. The Hall–Kier alpha value is -0.610. The fourth-order valence-corrected chi connectivity index (χ4v) is 3.67. The molecule has 2 fully saturated rings. The fourth-order valence-electron chi connectivity index (χ4n) is 3.67. The highest BCUT2D eigenvalue weighted by Gasteiger charge is 2.41. The Morgan fingerprint density at radius 2 is 2.00 bits per heavy atom. The molecule has 0 bridgehead atoms. The fraction of sp³-hybridized carbons (Fsp3) is 0.938. The molecule has 0 aromatic rings. The molecule has 0 radical (unpaired) electrons. The van der Waals surface area contributed by atoms with E-state index in [4.69, 9.17) is 0 Å². The second-order valence-corrected chi connectivity index (χ2v) is 6.97. The largest absolute Gasteiger partial charge is 0.343 e. The van der Waals surface area contributed by atoms with Crippen molar-refractivity contribution in [2.24, 2.45) is 5.92 Å². The topological polar surface area (TPSA) is 35.6 Å². The molecule has 1 aliphatic heterocycles. The van der Waals surface area contributed by atoms with Crippen LogP contribution < -0.4 is 5.32 Å². The maximum absolute atomic E-state index is 12.6. The van der Waals surface area contributed by atoms with E-state index in [0.29, 0.717) is 5.92 Å². The van der Waals surface area contributed by atoms with Gasteiger partial charge in [0.25, 0.3) is 0 Å². The van der Waals surface area contributed by atoms with E-state index in [2.05, 4.69) is 31.2 Å². The van der Waals surface area contributed by atoms with Crippen LogP contribution in [0.2, 0.25) is 0 Å². The van der Waals surface area contributed by atoms with E-state index in [1.54, 1.807) is 0 Å². The quantitative estimate of drug-likeness (QED) is 0.833. The lowest BCUT2D eigenvalue weighted by molar-refractivity contribution is -0.136. The molecule has 1 amide bonds. The maximum Gasteiger partial charge on any atom is 0.239 e. The number of hydrogen-bond acceptors (Lipinski definition) is 3. The third-order valence-electron chi connectivity index (χ3n) is 5.53. The Kier molecular flexibility index (Phi) is 5.08. The van der Waals surface area contributed by atoms with Crippen molar-refractivity contribution in [1.82, 2.24) is 15.1 Å². The van der Waals surface area contributed by atoms with Crippen LogP contribution in [0.25, 0.3) is 0 Å². The molecule has 1 saturated heterocycles. The Morgan fingerprint density at radius 1 is 1.30 bits per heavy atom. The van der Waals surface area contributed by atoms with Crippen LogP contribution in [0.3, 0.4) is 0 Å². The van der Waals surface area contributed by atoms with Gasteiger partial charge in [-0.15, -0.1) is 0 Å². The first-order chi connectivity index (χ1) is 9.48. The Balaban J connectivity index is 1.91. The molecule has 20 heavy (non-hydrogen) atoms. The molecule has 1 heterocycles. The molecule has 1 aliphatic carbocycles. The normalized spacial score (nSPS) is 29.1. The second-order valence-electron chi connectivity index (χ2n) is 6.97. The lowest BCUT2D eigenvalue weighted by atomic mass is 9.75. The number of carbonyl (C=O) groups is 1. The molecule has 2 atom stereocenters. The molecular formula is C16H31N3O. The molecule has 2 unspecified atom stereocenters. The van der Waals surface area contributed by atoms with Gasteiger partial charge in [-0.3, -0.25) is 4.79 Å². The van der Waals surface area contributed by atoms with E-state index < -0.39 is 0 Å². The predicted octanol–water partition coefficient (Wildman–Crippen LogP) is 1.71. The molecule has 1 saturated carbocycles. The summed E-state index contributed by atoms with van der Waals surface area (Å²) in [5.41, 5.74) is 0.225. The van der Waals surface area contributed by atoms with E-state index in [-0.39, 0.29) is 17.5 Å². The summed E-state index contributed by atoms with van der Waals surface area (Å²) >= 11 is 0. The van der Waals surface area contributed by atoms with Crippen molar-refractivity contribution in [1.29, 1.82) is 0 Å². The number of piperidine rings is 1. The molecule has 0 aromatic heterocycles. The highest BCUT2D eigenvalue weighted by molar-refractivity contribution is 5.81. The SMILES string of the molecule is CCC1CCNC(C(=O)N(C)CC2(N(C)C)CCC2)C1. The van der Waals surface area contributed by atoms with E-state index >= 15 is 0 Å². The summed E-state index contributed by atoms with van der Waals surface area (Å²) < 4.78 is 0. The third-order valence-corrected chi connectivity index (χ3v) is 5.53. The van der Waals surface area contributed by atoms with Gasteiger partial charge in [-0.05, 0) is 58.7 Å². The van der Waals surface area contributed by atoms with Crippen LogP contribution in [0.15, 0.2) is 0 Å². The number of amides is 1. The minimum atomic E-state index is 0.0398. The van der Waals surface area contributed by atoms with Crippen molar-refractivity contribution >= 4 is 5.91 Å². The molecule has 0 aromatic carbocycles. The monoisotopic (exact) mass is 281 g/mol. The van der Waals surface area contributed by atoms with E-state index in [1.165, 1.54) is 32.1 Å². The lowest BCUT2D eigenvalue weighted by Crippen LogP contribution is -2.59. The van der Waals surface area contributed by atoms with Crippen LogP contribution in [0.4, 0.5) is 0 Å². The van der Waals surface area contributed by atoms with Gasteiger partial charge in [0.1, 0.15) is 0 Å². The predicted molar refractivity (Wildman–Crippen MR) is 82.7 cm³/mol. The van der Waals surface area contributed by atoms with Crippen molar-refractivity contribution in [3.63, 3.8) is 0 Å². The number of nitrogens with one attached hydrogen (secondary N) is 1. The lowest BCUT2D eigenvalue weighted by Gasteiger charge is -2.49. The smallest absolute Gasteiger partial charge is 0.239 e. The van der Waals surface area contributed by atoms with Crippen LogP contribution in [-0.2, 0) is 4.79 Å². The van der Waals surface area contributed by atoms with Gasteiger partial charge in [0, 0.05) is 19.1 Å². The molecule has 4 nitrogen and oxygen atoms in total. The molecule has 2 aliphatic rings. The average molecular weight is 281 g/mol. The zero-order valence-electron chi connectivity index (χ0n) is 13.6. The number of likely N-dealkylation sites (N-methyl/N-ethyl adjacent to an activating group) is 2. The van der Waals surface area contributed by atoms with Gasteiger partial charge in [-0.25, -0.2) is 0 Å². The Bertz CT molecular complexity index is 339. The van der Waals surface area contributed by atoms with Crippen molar-refractivity contribution in [2.75, 3.05) is 34.2 Å². The van der Waals surface area contributed by atoms with Gasteiger partial charge >= 0.3 is 0 Å². The molecule has 116 valence electrons. The zero-order chi connectivity index (χ0) is 14.8. The first-order valence-corrected chi connectivity index (χ1v) is 8.14. The number of carbonyl (C=O) groups excluding carboxylic acids is 1. The summed E-state index contributed by atoms with van der Waals surface area (Å²) in [4.78, 5) is 16.9. The van der Waals surface area contributed by atoms with Gasteiger partial charge in [0.05, 0.1) is 6.04 Å². The highest BCUT2D eigenvalue weighted by atomic mass is 16.2. The van der Waals surface area contributed by atoms with Crippen molar-refractivity contribution < 1.29 is 4.79 Å². The minimum Gasteiger partial charge on any atom is -0.343 e. The summed E-state index contributed by atoms with van der Waals surface area (Å²) in [7, 11) is 6.26. The zero-order valence-corrected chi connectivity index (χ0v) is 13.6.